The molecule has 1 atom stereocenters. The molecule has 1 aliphatic rings. The van der Waals surface area contributed by atoms with E-state index in [9.17, 15) is 13.2 Å². The second-order valence-corrected chi connectivity index (χ2v) is 8.29. The van der Waals surface area contributed by atoms with Crippen LogP contribution in [0.25, 0.3) is 0 Å². The molecule has 1 unspecified atom stereocenters. The minimum absolute atomic E-state index is 0. The maximum Gasteiger partial charge on any atom is 0.261 e. The van der Waals surface area contributed by atoms with E-state index in [1.165, 1.54) is 24.3 Å². The molecule has 0 saturated carbocycles. The molecule has 0 aromatic heterocycles. The molecule has 146 valence electrons. The summed E-state index contributed by atoms with van der Waals surface area (Å²) in [5.74, 6) is -0.271. The van der Waals surface area contributed by atoms with Crippen molar-refractivity contribution in [3.8, 4) is 0 Å². The molecule has 2 aromatic carbocycles. The average Bonchev–Trinajstić information content (AvgIpc) is 3.17. The summed E-state index contributed by atoms with van der Waals surface area (Å²) in [6, 6.07) is 12.6. The fourth-order valence-electron chi connectivity index (χ4n) is 2.91. The number of hydrogen-bond acceptors (Lipinski definition) is 4. The van der Waals surface area contributed by atoms with E-state index in [0.29, 0.717) is 11.6 Å². The van der Waals surface area contributed by atoms with E-state index in [1.54, 1.807) is 36.2 Å². The van der Waals surface area contributed by atoms with Crippen LogP contribution in [0.4, 0.5) is 5.69 Å². The van der Waals surface area contributed by atoms with Crippen LogP contribution in [-0.4, -0.2) is 45.4 Å². The van der Waals surface area contributed by atoms with Gasteiger partial charge in [-0.3, -0.25) is 9.52 Å². The minimum Gasteiger partial charge on any atom is -0.337 e. The molecule has 1 saturated heterocycles. The largest absolute Gasteiger partial charge is 0.337 e. The van der Waals surface area contributed by atoms with Gasteiger partial charge in [0.1, 0.15) is 0 Å². The molecule has 3 rings (SSSR count). The molecule has 6 nitrogen and oxygen atoms in total. The van der Waals surface area contributed by atoms with Crippen molar-refractivity contribution in [1.82, 2.24) is 10.2 Å². The summed E-state index contributed by atoms with van der Waals surface area (Å²) in [7, 11) is -2.08. The van der Waals surface area contributed by atoms with Gasteiger partial charge in [0.25, 0.3) is 15.9 Å². The second-order valence-electron chi connectivity index (χ2n) is 6.17. The first kappa shape index (κ1) is 21.5. The predicted molar refractivity (Wildman–Crippen MR) is 109 cm³/mol. The third-order valence-corrected chi connectivity index (χ3v) is 6.03. The molecule has 1 aliphatic heterocycles. The smallest absolute Gasteiger partial charge is 0.261 e. The number of rotatable bonds is 5. The Morgan fingerprint density at radius 2 is 1.93 bits per heavy atom. The van der Waals surface area contributed by atoms with Gasteiger partial charge in [0.05, 0.1) is 16.1 Å². The van der Waals surface area contributed by atoms with Crippen molar-refractivity contribution in [2.75, 3.05) is 24.9 Å². The third-order valence-electron chi connectivity index (χ3n) is 4.41. The summed E-state index contributed by atoms with van der Waals surface area (Å²) in [5, 5.41) is 3.58. The van der Waals surface area contributed by atoms with E-state index < -0.39 is 10.0 Å². The number of likely N-dealkylation sites (N-methyl/N-ethyl adjacent to an activating group) is 1. The lowest BCUT2D eigenvalue weighted by molar-refractivity contribution is 0.0745. The number of carbonyl (C=O) groups excluding carboxylic acids is 1. The van der Waals surface area contributed by atoms with E-state index in [-0.39, 0.29) is 40.5 Å². The number of benzene rings is 2. The molecule has 1 fully saturated rings. The Labute approximate surface area is 170 Å². The number of amides is 1. The van der Waals surface area contributed by atoms with Gasteiger partial charge >= 0.3 is 0 Å². The SMILES string of the molecule is CN(C(=O)c1cc(Cl)ccc1NS(=O)(=O)c1ccccc1)C1CCNC1.Cl. The molecule has 1 amide bonds. The Hall–Kier alpha value is -1.80. The van der Waals surface area contributed by atoms with Crippen LogP contribution >= 0.6 is 24.0 Å². The monoisotopic (exact) mass is 429 g/mol. The van der Waals surface area contributed by atoms with Crippen LogP contribution in [0.3, 0.4) is 0 Å². The van der Waals surface area contributed by atoms with Crippen LogP contribution in [0.1, 0.15) is 16.8 Å². The van der Waals surface area contributed by atoms with E-state index in [0.717, 1.165) is 13.0 Å². The number of nitrogens with one attached hydrogen (secondary N) is 2. The van der Waals surface area contributed by atoms with Crippen molar-refractivity contribution >= 4 is 45.6 Å². The summed E-state index contributed by atoms with van der Waals surface area (Å²) in [4.78, 5) is 14.7. The standard InChI is InChI=1S/C18H20ClN3O3S.ClH/c1-22(14-9-10-20-12-14)18(23)16-11-13(19)7-8-17(16)21-26(24,25)15-5-3-2-4-6-15;/h2-8,11,14,20-21H,9-10,12H2,1H3;1H. The highest BCUT2D eigenvalue weighted by molar-refractivity contribution is 7.92. The molecular formula is C18H21Cl2N3O3S. The number of hydrogen-bond donors (Lipinski definition) is 2. The number of halogens is 2. The van der Waals surface area contributed by atoms with Crippen LogP contribution in [0.5, 0.6) is 0 Å². The van der Waals surface area contributed by atoms with E-state index in [2.05, 4.69) is 10.0 Å². The Kier molecular flexibility index (Phi) is 7.11. The molecule has 1 heterocycles. The van der Waals surface area contributed by atoms with Gasteiger partial charge in [-0.1, -0.05) is 29.8 Å². The lowest BCUT2D eigenvalue weighted by Crippen LogP contribution is -2.38. The van der Waals surface area contributed by atoms with Gasteiger partial charge in [0.2, 0.25) is 0 Å². The summed E-state index contributed by atoms with van der Waals surface area (Å²) in [6.07, 6.45) is 0.855. The van der Waals surface area contributed by atoms with Gasteiger partial charge in [0.15, 0.2) is 0 Å². The van der Waals surface area contributed by atoms with E-state index >= 15 is 0 Å². The molecule has 0 radical (unpaired) electrons. The maximum absolute atomic E-state index is 12.9. The topological polar surface area (TPSA) is 78.5 Å². The highest BCUT2D eigenvalue weighted by Gasteiger charge is 2.27. The van der Waals surface area contributed by atoms with Crippen LogP contribution in [0.15, 0.2) is 53.4 Å². The molecule has 0 aliphatic carbocycles. The molecule has 0 bridgehead atoms. The van der Waals surface area contributed by atoms with Crippen LogP contribution in [0.2, 0.25) is 5.02 Å². The maximum atomic E-state index is 12.9. The number of anilines is 1. The Bertz CT molecular complexity index is 901. The first-order valence-electron chi connectivity index (χ1n) is 8.24. The third kappa shape index (κ3) is 4.93. The zero-order valence-electron chi connectivity index (χ0n) is 14.7. The molecule has 0 spiro atoms. The number of sulfonamides is 1. The van der Waals surface area contributed by atoms with Crippen molar-refractivity contribution in [2.45, 2.75) is 17.4 Å². The van der Waals surface area contributed by atoms with Gasteiger partial charge in [-0.15, -0.1) is 12.4 Å². The molecule has 9 heteroatoms. The van der Waals surface area contributed by atoms with E-state index in [1.807, 2.05) is 0 Å². The molecule has 27 heavy (non-hydrogen) atoms. The molecular weight excluding hydrogens is 409 g/mol. The Morgan fingerprint density at radius 3 is 2.56 bits per heavy atom. The Balaban J connectivity index is 0.00000261. The summed E-state index contributed by atoms with van der Waals surface area (Å²) in [6.45, 7) is 1.57. The lowest BCUT2D eigenvalue weighted by Gasteiger charge is -2.25. The van der Waals surface area contributed by atoms with Crippen molar-refractivity contribution in [3.63, 3.8) is 0 Å². The van der Waals surface area contributed by atoms with Crippen molar-refractivity contribution < 1.29 is 13.2 Å². The molecule has 2 aromatic rings. The van der Waals surface area contributed by atoms with Crippen LogP contribution < -0.4 is 10.0 Å². The quantitative estimate of drug-likeness (QED) is 0.765. The average molecular weight is 430 g/mol. The highest BCUT2D eigenvalue weighted by atomic mass is 35.5. The van der Waals surface area contributed by atoms with Crippen molar-refractivity contribution in [1.29, 1.82) is 0 Å². The minimum atomic E-state index is -3.80. The lowest BCUT2D eigenvalue weighted by atomic mass is 10.1. The van der Waals surface area contributed by atoms with Crippen LogP contribution in [-0.2, 0) is 10.0 Å². The van der Waals surface area contributed by atoms with Gasteiger partial charge in [-0.25, -0.2) is 8.42 Å². The Morgan fingerprint density at radius 1 is 1.22 bits per heavy atom. The van der Waals surface area contributed by atoms with E-state index in [4.69, 9.17) is 11.6 Å². The first-order chi connectivity index (χ1) is 12.4. The number of carbonyl (C=O) groups is 1. The highest BCUT2D eigenvalue weighted by Crippen LogP contribution is 2.26. The summed E-state index contributed by atoms with van der Waals surface area (Å²) in [5.41, 5.74) is 0.437. The van der Waals surface area contributed by atoms with Gasteiger partial charge in [0, 0.05) is 24.7 Å². The fraction of sp³-hybridized carbons (Fsp3) is 0.278. The fourth-order valence-corrected chi connectivity index (χ4v) is 4.18. The zero-order chi connectivity index (χ0) is 18.7. The second kappa shape index (κ2) is 8.93. The van der Waals surface area contributed by atoms with Gasteiger partial charge < -0.3 is 10.2 Å². The van der Waals surface area contributed by atoms with Gasteiger partial charge in [-0.05, 0) is 43.3 Å². The van der Waals surface area contributed by atoms with Crippen molar-refractivity contribution in [2.24, 2.45) is 0 Å². The van der Waals surface area contributed by atoms with Crippen molar-refractivity contribution in [3.05, 3.63) is 59.1 Å². The van der Waals surface area contributed by atoms with Gasteiger partial charge in [-0.2, -0.15) is 0 Å². The molecule has 2 N–H and O–H groups in total. The summed E-state index contributed by atoms with van der Waals surface area (Å²) >= 11 is 6.05. The first-order valence-corrected chi connectivity index (χ1v) is 10.1. The summed E-state index contributed by atoms with van der Waals surface area (Å²) < 4.78 is 27.7. The zero-order valence-corrected chi connectivity index (χ0v) is 17.1. The number of nitrogens with zero attached hydrogens (tertiary/aromatic N) is 1. The van der Waals surface area contributed by atoms with Crippen LogP contribution in [0, 0.1) is 0 Å². The normalized spacial score (nSPS) is 16.4. The predicted octanol–water partition coefficient (Wildman–Crippen LogP) is 3.00.